The molecule has 6 nitrogen and oxygen atoms in total. The second-order valence-electron chi connectivity index (χ2n) is 7.42. The average molecular weight is 411 g/mol. The van der Waals surface area contributed by atoms with Gasteiger partial charge in [0.25, 0.3) is 0 Å². The van der Waals surface area contributed by atoms with Crippen LogP contribution in [-0.4, -0.2) is 40.5 Å². The van der Waals surface area contributed by atoms with E-state index in [1.54, 1.807) is 14.2 Å². The molecule has 0 atom stereocenters. The first kappa shape index (κ1) is 19.7. The van der Waals surface area contributed by atoms with Gasteiger partial charge in [-0.05, 0) is 50.3 Å². The molecule has 1 aromatic heterocycles. The third kappa shape index (κ3) is 4.21. The Labute approximate surface area is 176 Å². The highest BCUT2D eigenvalue weighted by molar-refractivity contribution is 7.71. The Hall–Kier alpha value is -2.64. The molecule has 0 radical (unpaired) electrons. The molecule has 1 heterocycles. The minimum Gasteiger partial charge on any atom is -0.497 e. The largest absolute Gasteiger partial charge is 0.497 e. The van der Waals surface area contributed by atoms with Gasteiger partial charge in [-0.2, -0.15) is 5.10 Å². The fourth-order valence-electron chi connectivity index (χ4n) is 3.49. The highest BCUT2D eigenvalue weighted by Crippen LogP contribution is 2.40. The smallest absolute Gasteiger partial charge is 0.203 e. The van der Waals surface area contributed by atoms with Gasteiger partial charge in [-0.3, -0.25) is 9.47 Å². The number of nitrogens with zero attached hydrogens (tertiary/aromatic N) is 4. The minimum atomic E-state index is 0.505. The lowest BCUT2D eigenvalue weighted by atomic mass is 10.2. The monoisotopic (exact) mass is 410 g/mol. The van der Waals surface area contributed by atoms with E-state index in [-0.39, 0.29) is 0 Å². The first-order valence-electron chi connectivity index (χ1n) is 9.75. The van der Waals surface area contributed by atoms with Crippen molar-refractivity contribution in [2.24, 2.45) is 0 Å². The van der Waals surface area contributed by atoms with Gasteiger partial charge in [-0.1, -0.05) is 24.3 Å². The Kier molecular flexibility index (Phi) is 5.69. The quantitative estimate of drug-likeness (QED) is 0.516. The maximum Gasteiger partial charge on any atom is 0.203 e. The molecule has 1 fully saturated rings. The van der Waals surface area contributed by atoms with E-state index in [0.717, 1.165) is 33.3 Å². The summed E-state index contributed by atoms with van der Waals surface area (Å²) < 4.78 is 15.6. The lowest BCUT2D eigenvalue weighted by Crippen LogP contribution is -2.23. The lowest BCUT2D eigenvalue weighted by molar-refractivity contribution is 0.240. The molecule has 0 amide bonds. The molecule has 0 N–H and O–H groups in total. The zero-order valence-electron chi connectivity index (χ0n) is 17.0. The lowest BCUT2D eigenvalue weighted by Gasteiger charge is -2.18. The number of benzene rings is 2. The Balaban J connectivity index is 1.58. The van der Waals surface area contributed by atoms with Gasteiger partial charge in [0.2, 0.25) is 4.77 Å². The molecule has 0 spiro atoms. The van der Waals surface area contributed by atoms with Crippen LogP contribution in [0.25, 0.3) is 5.69 Å². The van der Waals surface area contributed by atoms with Gasteiger partial charge >= 0.3 is 0 Å². The summed E-state index contributed by atoms with van der Waals surface area (Å²) in [4.78, 5) is 2.18. The fourth-order valence-corrected chi connectivity index (χ4v) is 3.79. The van der Waals surface area contributed by atoms with Gasteiger partial charge in [0.15, 0.2) is 0 Å². The Bertz CT molecular complexity index is 1040. The molecule has 152 valence electrons. The van der Waals surface area contributed by atoms with E-state index in [2.05, 4.69) is 28.6 Å². The van der Waals surface area contributed by atoms with E-state index in [1.807, 2.05) is 41.1 Å². The summed E-state index contributed by atoms with van der Waals surface area (Å²) in [5, 5.41) is 4.88. The van der Waals surface area contributed by atoms with Crippen LogP contribution in [-0.2, 0) is 13.2 Å². The standard InChI is InChI=1S/C22H26N4O2S/c1-24(14-17-11-12-19(27-2)13-20(17)28-3)15-25-22(29)26(18-7-5-4-6-8-18)21(23-25)16-9-10-16/h4-8,11-13,16H,9-10,14-15H2,1-3H3. The molecule has 0 aliphatic heterocycles. The predicted octanol–water partition coefficient (Wildman–Crippen LogP) is 4.39. The summed E-state index contributed by atoms with van der Waals surface area (Å²) >= 11 is 5.80. The summed E-state index contributed by atoms with van der Waals surface area (Å²) in [7, 11) is 5.39. The predicted molar refractivity (Wildman–Crippen MR) is 115 cm³/mol. The maximum absolute atomic E-state index is 5.80. The number of ether oxygens (including phenoxy) is 2. The Morgan fingerprint density at radius 3 is 2.52 bits per heavy atom. The fraction of sp³-hybridized carbons (Fsp3) is 0.364. The van der Waals surface area contributed by atoms with Crippen LogP contribution >= 0.6 is 12.2 Å². The zero-order chi connectivity index (χ0) is 20.4. The van der Waals surface area contributed by atoms with E-state index in [1.165, 1.54) is 12.8 Å². The van der Waals surface area contributed by atoms with E-state index >= 15 is 0 Å². The number of hydrogen-bond donors (Lipinski definition) is 0. The number of aromatic nitrogens is 3. The molecule has 29 heavy (non-hydrogen) atoms. The molecule has 1 aliphatic carbocycles. The van der Waals surface area contributed by atoms with Gasteiger partial charge in [-0.15, -0.1) is 0 Å². The van der Waals surface area contributed by atoms with Crippen molar-refractivity contribution in [2.45, 2.75) is 32.0 Å². The summed E-state index contributed by atoms with van der Waals surface area (Å²) in [6, 6.07) is 16.1. The molecule has 1 aliphatic rings. The van der Waals surface area contributed by atoms with Crippen molar-refractivity contribution in [3.63, 3.8) is 0 Å². The van der Waals surface area contributed by atoms with Crippen molar-refractivity contribution in [2.75, 3.05) is 21.3 Å². The van der Waals surface area contributed by atoms with Crippen LogP contribution in [0.3, 0.4) is 0 Å². The molecule has 0 saturated heterocycles. The van der Waals surface area contributed by atoms with Crippen molar-refractivity contribution in [1.29, 1.82) is 0 Å². The highest BCUT2D eigenvalue weighted by atomic mass is 32.1. The first-order valence-corrected chi connectivity index (χ1v) is 10.2. The van der Waals surface area contributed by atoms with E-state index < -0.39 is 0 Å². The number of methoxy groups -OCH3 is 2. The van der Waals surface area contributed by atoms with Crippen molar-refractivity contribution in [3.8, 4) is 17.2 Å². The van der Waals surface area contributed by atoms with Crippen LogP contribution in [0.15, 0.2) is 48.5 Å². The van der Waals surface area contributed by atoms with Crippen molar-refractivity contribution in [1.82, 2.24) is 19.2 Å². The third-order valence-electron chi connectivity index (χ3n) is 5.13. The molecule has 1 saturated carbocycles. The van der Waals surface area contributed by atoms with Gasteiger partial charge < -0.3 is 9.47 Å². The van der Waals surface area contributed by atoms with E-state index in [4.69, 9.17) is 26.8 Å². The average Bonchev–Trinajstić information content (AvgIpc) is 3.54. The first-order chi connectivity index (χ1) is 14.1. The van der Waals surface area contributed by atoms with E-state index in [9.17, 15) is 0 Å². The van der Waals surface area contributed by atoms with Crippen LogP contribution < -0.4 is 9.47 Å². The normalized spacial score (nSPS) is 13.7. The minimum absolute atomic E-state index is 0.505. The summed E-state index contributed by atoms with van der Waals surface area (Å²) in [5.41, 5.74) is 2.16. The van der Waals surface area contributed by atoms with Crippen molar-refractivity contribution < 1.29 is 9.47 Å². The molecule has 4 rings (SSSR count). The molecular weight excluding hydrogens is 384 g/mol. The van der Waals surface area contributed by atoms with Gasteiger partial charge in [-0.25, -0.2) is 4.68 Å². The summed E-state index contributed by atoms with van der Waals surface area (Å²) in [6.07, 6.45) is 2.36. The summed E-state index contributed by atoms with van der Waals surface area (Å²) in [5.74, 6) is 3.17. The van der Waals surface area contributed by atoms with Crippen molar-refractivity contribution in [3.05, 3.63) is 64.7 Å². The van der Waals surface area contributed by atoms with E-state index in [0.29, 0.717) is 19.1 Å². The molecule has 3 aromatic rings. The Morgan fingerprint density at radius 1 is 1.10 bits per heavy atom. The highest BCUT2D eigenvalue weighted by Gasteiger charge is 2.30. The molecular formula is C22H26N4O2S. The topological polar surface area (TPSA) is 44.5 Å². The third-order valence-corrected chi connectivity index (χ3v) is 5.52. The SMILES string of the molecule is COc1ccc(CN(C)Cn2nc(C3CC3)n(-c3ccccc3)c2=S)c(OC)c1. The second kappa shape index (κ2) is 8.39. The number of hydrogen-bond acceptors (Lipinski definition) is 5. The Morgan fingerprint density at radius 2 is 1.86 bits per heavy atom. The van der Waals surface area contributed by atoms with Crippen LogP contribution in [0, 0.1) is 4.77 Å². The van der Waals surface area contributed by atoms with Crippen LogP contribution in [0.1, 0.15) is 30.1 Å². The van der Waals surface area contributed by atoms with Gasteiger partial charge in [0.05, 0.1) is 20.9 Å². The number of rotatable bonds is 8. The second-order valence-corrected chi connectivity index (χ2v) is 7.78. The molecule has 0 bridgehead atoms. The summed E-state index contributed by atoms with van der Waals surface area (Å²) in [6.45, 7) is 1.32. The molecule has 0 unspecified atom stereocenters. The van der Waals surface area contributed by atoms with Crippen LogP contribution in [0.5, 0.6) is 11.5 Å². The number of para-hydroxylation sites is 1. The molecule has 2 aromatic carbocycles. The van der Waals surface area contributed by atoms with Crippen molar-refractivity contribution >= 4 is 12.2 Å². The van der Waals surface area contributed by atoms with Gasteiger partial charge in [0, 0.05) is 29.8 Å². The molecule has 7 heteroatoms. The zero-order valence-corrected chi connectivity index (χ0v) is 17.9. The van der Waals surface area contributed by atoms with Gasteiger partial charge in [0.1, 0.15) is 17.3 Å². The van der Waals surface area contributed by atoms with Crippen LogP contribution in [0.2, 0.25) is 0 Å². The van der Waals surface area contributed by atoms with Crippen LogP contribution in [0.4, 0.5) is 0 Å². The maximum atomic E-state index is 5.80.